The third-order valence-electron chi connectivity index (χ3n) is 3.07. The SMILES string of the molecule is CCCNC(CCC(C)C)c1ncnn1CCC. The molecule has 104 valence electrons. The Morgan fingerprint density at radius 3 is 2.61 bits per heavy atom. The van der Waals surface area contributed by atoms with Gasteiger partial charge in [0.15, 0.2) is 0 Å². The van der Waals surface area contributed by atoms with E-state index in [1.54, 1.807) is 6.33 Å². The van der Waals surface area contributed by atoms with Gasteiger partial charge in [0.1, 0.15) is 12.2 Å². The molecule has 0 spiro atoms. The number of nitrogens with zero attached hydrogens (tertiary/aromatic N) is 3. The number of nitrogens with one attached hydrogen (secondary N) is 1. The Morgan fingerprint density at radius 2 is 2.00 bits per heavy atom. The van der Waals surface area contributed by atoms with Crippen molar-refractivity contribution in [3.8, 4) is 0 Å². The molecule has 0 bridgehead atoms. The third-order valence-corrected chi connectivity index (χ3v) is 3.07. The number of hydrogen-bond donors (Lipinski definition) is 1. The smallest absolute Gasteiger partial charge is 0.143 e. The van der Waals surface area contributed by atoms with Crippen molar-refractivity contribution in [2.75, 3.05) is 6.54 Å². The molecule has 1 N–H and O–H groups in total. The van der Waals surface area contributed by atoms with Crippen LogP contribution in [0.3, 0.4) is 0 Å². The van der Waals surface area contributed by atoms with Crippen LogP contribution in [0.2, 0.25) is 0 Å². The van der Waals surface area contributed by atoms with Gasteiger partial charge in [-0.2, -0.15) is 5.10 Å². The molecule has 0 aliphatic rings. The van der Waals surface area contributed by atoms with Crippen LogP contribution in [-0.4, -0.2) is 21.3 Å². The first-order valence-corrected chi connectivity index (χ1v) is 7.30. The van der Waals surface area contributed by atoms with Crippen molar-refractivity contribution in [1.29, 1.82) is 0 Å². The number of aromatic nitrogens is 3. The second kappa shape index (κ2) is 8.25. The predicted octanol–water partition coefficient (Wildman–Crippen LogP) is 3.17. The van der Waals surface area contributed by atoms with Crippen molar-refractivity contribution in [3.05, 3.63) is 12.2 Å². The first-order chi connectivity index (χ1) is 8.69. The van der Waals surface area contributed by atoms with Gasteiger partial charge in [0.2, 0.25) is 0 Å². The van der Waals surface area contributed by atoms with Gasteiger partial charge in [-0.25, -0.2) is 9.67 Å². The van der Waals surface area contributed by atoms with Crippen LogP contribution in [0.1, 0.15) is 65.2 Å². The second-order valence-electron chi connectivity index (χ2n) is 5.32. The van der Waals surface area contributed by atoms with Crippen LogP contribution in [0.4, 0.5) is 0 Å². The van der Waals surface area contributed by atoms with Gasteiger partial charge in [0, 0.05) is 6.54 Å². The Hall–Kier alpha value is -0.900. The summed E-state index contributed by atoms with van der Waals surface area (Å²) in [6, 6.07) is 0.349. The maximum Gasteiger partial charge on any atom is 0.143 e. The molecule has 4 nitrogen and oxygen atoms in total. The van der Waals surface area contributed by atoms with E-state index in [2.05, 4.69) is 43.1 Å². The van der Waals surface area contributed by atoms with Crippen molar-refractivity contribution < 1.29 is 0 Å². The molecule has 1 aromatic rings. The molecule has 4 heteroatoms. The normalized spacial score (nSPS) is 13.2. The quantitative estimate of drug-likeness (QED) is 0.734. The highest BCUT2D eigenvalue weighted by molar-refractivity contribution is 4.94. The lowest BCUT2D eigenvalue weighted by Crippen LogP contribution is -2.26. The van der Waals surface area contributed by atoms with E-state index in [1.165, 1.54) is 6.42 Å². The van der Waals surface area contributed by atoms with Gasteiger partial charge in [0.25, 0.3) is 0 Å². The minimum Gasteiger partial charge on any atom is -0.307 e. The van der Waals surface area contributed by atoms with Crippen LogP contribution in [0.15, 0.2) is 6.33 Å². The molecule has 0 aliphatic carbocycles. The maximum atomic E-state index is 4.46. The summed E-state index contributed by atoms with van der Waals surface area (Å²) in [5.74, 6) is 1.84. The molecule has 1 aromatic heterocycles. The zero-order valence-electron chi connectivity index (χ0n) is 12.3. The monoisotopic (exact) mass is 252 g/mol. The topological polar surface area (TPSA) is 42.7 Å². The van der Waals surface area contributed by atoms with Gasteiger partial charge < -0.3 is 5.32 Å². The molecule has 1 rings (SSSR count). The largest absolute Gasteiger partial charge is 0.307 e. The summed E-state index contributed by atoms with van der Waals surface area (Å²) in [5.41, 5.74) is 0. The van der Waals surface area contributed by atoms with Gasteiger partial charge in [-0.05, 0) is 38.1 Å². The van der Waals surface area contributed by atoms with E-state index in [9.17, 15) is 0 Å². The van der Waals surface area contributed by atoms with E-state index in [1.807, 2.05) is 4.68 Å². The molecule has 0 fully saturated rings. The summed E-state index contributed by atoms with van der Waals surface area (Å²) < 4.78 is 2.05. The molecule has 0 aliphatic heterocycles. The Bertz CT molecular complexity index is 319. The highest BCUT2D eigenvalue weighted by Gasteiger charge is 2.17. The summed E-state index contributed by atoms with van der Waals surface area (Å²) in [4.78, 5) is 4.46. The van der Waals surface area contributed by atoms with Crippen molar-refractivity contribution in [1.82, 2.24) is 20.1 Å². The van der Waals surface area contributed by atoms with Crippen molar-refractivity contribution in [3.63, 3.8) is 0 Å². The molecule has 0 amide bonds. The fraction of sp³-hybridized carbons (Fsp3) is 0.857. The molecule has 0 saturated heterocycles. The van der Waals surface area contributed by atoms with E-state index >= 15 is 0 Å². The first-order valence-electron chi connectivity index (χ1n) is 7.30. The van der Waals surface area contributed by atoms with Gasteiger partial charge in [0.05, 0.1) is 6.04 Å². The highest BCUT2D eigenvalue weighted by atomic mass is 15.3. The van der Waals surface area contributed by atoms with Crippen LogP contribution < -0.4 is 5.32 Å². The highest BCUT2D eigenvalue weighted by Crippen LogP contribution is 2.19. The van der Waals surface area contributed by atoms with Gasteiger partial charge in [-0.15, -0.1) is 0 Å². The average Bonchev–Trinajstić information content (AvgIpc) is 2.78. The van der Waals surface area contributed by atoms with Crippen molar-refractivity contribution in [2.45, 2.75) is 66.0 Å². The van der Waals surface area contributed by atoms with E-state index in [-0.39, 0.29) is 0 Å². The molecule has 0 saturated carbocycles. The molecule has 1 unspecified atom stereocenters. The Kier molecular flexibility index (Phi) is 6.94. The zero-order valence-corrected chi connectivity index (χ0v) is 12.3. The number of aryl methyl sites for hydroxylation is 1. The number of rotatable bonds is 9. The minimum atomic E-state index is 0.349. The van der Waals surface area contributed by atoms with E-state index in [0.717, 1.165) is 44.1 Å². The Morgan fingerprint density at radius 1 is 1.22 bits per heavy atom. The molecule has 1 heterocycles. The minimum absolute atomic E-state index is 0.349. The van der Waals surface area contributed by atoms with Gasteiger partial charge in [-0.1, -0.05) is 27.7 Å². The van der Waals surface area contributed by atoms with Gasteiger partial charge in [-0.3, -0.25) is 0 Å². The summed E-state index contributed by atoms with van der Waals surface area (Å²) >= 11 is 0. The molecular weight excluding hydrogens is 224 g/mol. The van der Waals surface area contributed by atoms with Crippen LogP contribution in [-0.2, 0) is 6.54 Å². The second-order valence-corrected chi connectivity index (χ2v) is 5.32. The molecule has 0 aromatic carbocycles. The Balaban J connectivity index is 2.69. The fourth-order valence-electron chi connectivity index (χ4n) is 2.07. The van der Waals surface area contributed by atoms with E-state index in [4.69, 9.17) is 0 Å². The van der Waals surface area contributed by atoms with Crippen molar-refractivity contribution in [2.24, 2.45) is 5.92 Å². The lowest BCUT2D eigenvalue weighted by molar-refractivity contribution is 0.403. The summed E-state index contributed by atoms with van der Waals surface area (Å²) in [7, 11) is 0. The molecule has 0 radical (unpaired) electrons. The summed E-state index contributed by atoms with van der Waals surface area (Å²) in [5, 5.41) is 7.93. The first kappa shape index (κ1) is 15.2. The third kappa shape index (κ3) is 4.77. The predicted molar refractivity (Wildman–Crippen MR) is 75.4 cm³/mol. The number of hydrogen-bond acceptors (Lipinski definition) is 3. The van der Waals surface area contributed by atoms with Crippen LogP contribution in [0, 0.1) is 5.92 Å². The summed E-state index contributed by atoms with van der Waals surface area (Å²) in [6.07, 6.45) is 6.29. The maximum absolute atomic E-state index is 4.46. The van der Waals surface area contributed by atoms with Crippen molar-refractivity contribution >= 4 is 0 Å². The van der Waals surface area contributed by atoms with Crippen LogP contribution >= 0.6 is 0 Å². The lowest BCUT2D eigenvalue weighted by atomic mass is 10.0. The van der Waals surface area contributed by atoms with Crippen LogP contribution in [0.5, 0.6) is 0 Å². The van der Waals surface area contributed by atoms with Crippen LogP contribution in [0.25, 0.3) is 0 Å². The zero-order chi connectivity index (χ0) is 13.4. The molecule has 18 heavy (non-hydrogen) atoms. The van der Waals surface area contributed by atoms with E-state index < -0.39 is 0 Å². The lowest BCUT2D eigenvalue weighted by Gasteiger charge is -2.19. The Labute approximate surface area is 111 Å². The summed E-state index contributed by atoms with van der Waals surface area (Å²) in [6.45, 7) is 10.9. The molecule has 1 atom stereocenters. The fourth-order valence-corrected chi connectivity index (χ4v) is 2.07. The molecular formula is C14H28N4. The van der Waals surface area contributed by atoms with Gasteiger partial charge >= 0.3 is 0 Å². The standard InChI is InChI=1S/C14H28N4/c1-5-9-15-13(8-7-12(3)4)14-16-11-17-18(14)10-6-2/h11-13,15H,5-10H2,1-4H3. The average molecular weight is 252 g/mol. The van der Waals surface area contributed by atoms with E-state index in [0.29, 0.717) is 6.04 Å².